The van der Waals surface area contributed by atoms with Crippen molar-refractivity contribution in [3.05, 3.63) is 90.8 Å². The molecule has 31 heavy (non-hydrogen) atoms. The Kier molecular flexibility index (Phi) is 8.21. The molecule has 0 aliphatic heterocycles. The third-order valence-electron chi connectivity index (χ3n) is 4.09. The van der Waals surface area contributed by atoms with Gasteiger partial charge >= 0.3 is 0 Å². The Hall–Kier alpha value is -2.25. The maximum atomic E-state index is 12.1. The smallest absolute Gasteiger partial charge is 0.271 e. The van der Waals surface area contributed by atoms with E-state index in [0.29, 0.717) is 42.2 Å². The second kappa shape index (κ2) is 10.9. The highest BCUT2D eigenvalue weighted by molar-refractivity contribution is 9.10. The monoisotopic (exact) mass is 540 g/mol. The lowest BCUT2D eigenvalue weighted by Crippen LogP contribution is -2.17. The summed E-state index contributed by atoms with van der Waals surface area (Å²) in [4.78, 5) is 12.1. The number of hydrogen-bond donors (Lipinski definition) is 1. The minimum absolute atomic E-state index is 0.273. The van der Waals surface area contributed by atoms with Crippen molar-refractivity contribution in [3.63, 3.8) is 0 Å². The van der Waals surface area contributed by atoms with Crippen LogP contribution in [0.2, 0.25) is 15.1 Å². The number of amides is 1. The average molecular weight is 543 g/mol. The summed E-state index contributed by atoms with van der Waals surface area (Å²) in [6.45, 7) is 0.273. The molecular formula is C22H16BrCl3N2O3. The summed E-state index contributed by atoms with van der Waals surface area (Å²) < 4.78 is 12.0. The Labute approximate surface area is 203 Å². The van der Waals surface area contributed by atoms with Crippen molar-refractivity contribution >= 4 is 62.9 Å². The molecule has 3 aromatic carbocycles. The number of nitrogens with one attached hydrogen (secondary N) is 1. The second-order valence-electron chi connectivity index (χ2n) is 6.28. The normalized spacial score (nSPS) is 10.9. The molecule has 0 heterocycles. The van der Waals surface area contributed by atoms with E-state index >= 15 is 0 Å². The highest BCUT2D eigenvalue weighted by Crippen LogP contribution is 2.37. The summed E-state index contributed by atoms with van der Waals surface area (Å²) in [5.41, 5.74) is 4.43. The maximum Gasteiger partial charge on any atom is 0.271 e. The molecule has 0 unspecified atom stereocenters. The van der Waals surface area contributed by atoms with Gasteiger partial charge in [-0.25, -0.2) is 5.43 Å². The first-order valence-corrected chi connectivity index (χ1v) is 10.8. The van der Waals surface area contributed by atoms with E-state index in [9.17, 15) is 4.79 Å². The first-order valence-electron chi connectivity index (χ1n) is 8.90. The number of halogens is 4. The average Bonchev–Trinajstić information content (AvgIpc) is 2.75. The summed E-state index contributed by atoms with van der Waals surface area (Å²) in [6, 6.07) is 15.4. The zero-order valence-electron chi connectivity index (χ0n) is 16.2. The lowest BCUT2D eigenvalue weighted by atomic mass is 10.2. The van der Waals surface area contributed by atoms with Crippen LogP contribution >= 0.6 is 50.7 Å². The number of hydrazone groups is 1. The Bertz CT molecular complexity index is 1140. The molecule has 3 aromatic rings. The molecule has 0 atom stereocenters. The third-order valence-corrected chi connectivity index (χ3v) is 5.65. The Balaban J connectivity index is 1.70. The zero-order chi connectivity index (χ0) is 22.4. The van der Waals surface area contributed by atoms with Gasteiger partial charge < -0.3 is 9.47 Å². The standard InChI is InChI=1S/C22H16BrCl3N2O3/c1-30-20-9-14(11-27-28-22(29)15-3-2-4-16(24)10-15)7-17(23)21(20)31-12-13-5-6-18(25)19(26)8-13/h2-11H,12H2,1H3,(H,28,29)/b27-11-. The van der Waals surface area contributed by atoms with E-state index in [-0.39, 0.29) is 12.5 Å². The van der Waals surface area contributed by atoms with Gasteiger partial charge in [-0.1, -0.05) is 46.9 Å². The van der Waals surface area contributed by atoms with E-state index in [0.717, 1.165) is 5.56 Å². The van der Waals surface area contributed by atoms with Gasteiger partial charge in [0.2, 0.25) is 0 Å². The van der Waals surface area contributed by atoms with Crippen LogP contribution in [0.25, 0.3) is 0 Å². The fraction of sp³-hybridized carbons (Fsp3) is 0.0909. The highest BCUT2D eigenvalue weighted by atomic mass is 79.9. The van der Waals surface area contributed by atoms with Crippen LogP contribution in [-0.4, -0.2) is 19.2 Å². The van der Waals surface area contributed by atoms with E-state index < -0.39 is 0 Å². The highest BCUT2D eigenvalue weighted by Gasteiger charge is 2.12. The van der Waals surface area contributed by atoms with Crippen molar-refractivity contribution in [2.45, 2.75) is 6.61 Å². The van der Waals surface area contributed by atoms with Crippen LogP contribution in [0.4, 0.5) is 0 Å². The van der Waals surface area contributed by atoms with E-state index in [4.69, 9.17) is 44.3 Å². The summed E-state index contributed by atoms with van der Waals surface area (Å²) in [5.74, 6) is 0.650. The Morgan fingerprint density at radius 1 is 1.10 bits per heavy atom. The fourth-order valence-corrected chi connectivity index (χ4v) is 3.68. The molecule has 0 spiro atoms. The molecule has 5 nitrogen and oxygen atoms in total. The van der Waals surface area contributed by atoms with Crippen LogP contribution in [0.3, 0.4) is 0 Å². The van der Waals surface area contributed by atoms with Gasteiger partial charge in [-0.2, -0.15) is 5.10 Å². The number of benzene rings is 3. The minimum Gasteiger partial charge on any atom is -0.493 e. The molecule has 1 amide bonds. The van der Waals surface area contributed by atoms with Crippen LogP contribution < -0.4 is 14.9 Å². The van der Waals surface area contributed by atoms with Gasteiger partial charge in [0, 0.05) is 10.6 Å². The number of methoxy groups -OCH3 is 1. The first-order chi connectivity index (χ1) is 14.9. The number of carbonyl (C=O) groups is 1. The van der Waals surface area contributed by atoms with Crippen LogP contribution in [0, 0.1) is 0 Å². The van der Waals surface area contributed by atoms with Crippen molar-refractivity contribution < 1.29 is 14.3 Å². The van der Waals surface area contributed by atoms with Gasteiger partial charge in [-0.15, -0.1) is 0 Å². The van der Waals surface area contributed by atoms with Gasteiger partial charge in [-0.3, -0.25) is 4.79 Å². The molecule has 0 radical (unpaired) electrons. The zero-order valence-corrected chi connectivity index (χ0v) is 20.0. The number of carbonyl (C=O) groups excluding carboxylic acids is 1. The molecule has 9 heteroatoms. The number of hydrogen-bond acceptors (Lipinski definition) is 4. The van der Waals surface area contributed by atoms with Gasteiger partial charge in [0.15, 0.2) is 11.5 Å². The van der Waals surface area contributed by atoms with E-state index in [2.05, 4.69) is 26.5 Å². The molecule has 0 aromatic heterocycles. The van der Waals surface area contributed by atoms with Gasteiger partial charge in [0.25, 0.3) is 5.91 Å². The van der Waals surface area contributed by atoms with E-state index in [1.54, 1.807) is 48.5 Å². The first kappa shape index (κ1) is 23.4. The number of rotatable bonds is 7. The molecule has 0 bridgehead atoms. The van der Waals surface area contributed by atoms with Gasteiger partial charge in [0.05, 0.1) is 27.8 Å². The molecule has 0 saturated carbocycles. The summed E-state index contributed by atoms with van der Waals surface area (Å²) in [7, 11) is 1.54. The van der Waals surface area contributed by atoms with Gasteiger partial charge in [0.1, 0.15) is 6.61 Å². The molecule has 0 aliphatic rings. The quantitative estimate of drug-likeness (QED) is 0.265. The van der Waals surface area contributed by atoms with Crippen molar-refractivity contribution in [1.82, 2.24) is 5.43 Å². The largest absolute Gasteiger partial charge is 0.493 e. The maximum absolute atomic E-state index is 12.1. The van der Waals surface area contributed by atoms with Crippen LogP contribution in [0.5, 0.6) is 11.5 Å². The molecule has 0 aliphatic carbocycles. The lowest BCUT2D eigenvalue weighted by Gasteiger charge is -2.14. The fourth-order valence-electron chi connectivity index (χ4n) is 2.60. The summed E-state index contributed by atoms with van der Waals surface area (Å²) in [5, 5.41) is 5.41. The van der Waals surface area contributed by atoms with Crippen molar-refractivity contribution in [1.29, 1.82) is 0 Å². The number of nitrogens with zero attached hydrogens (tertiary/aromatic N) is 1. The predicted molar refractivity (Wildman–Crippen MR) is 128 cm³/mol. The van der Waals surface area contributed by atoms with E-state index in [1.165, 1.54) is 13.3 Å². The lowest BCUT2D eigenvalue weighted by molar-refractivity contribution is 0.0955. The van der Waals surface area contributed by atoms with Crippen LogP contribution in [0.1, 0.15) is 21.5 Å². The summed E-state index contributed by atoms with van der Waals surface area (Å²) >= 11 is 21.4. The predicted octanol–water partition coefficient (Wildman–Crippen LogP) is 6.76. The molecule has 1 N–H and O–H groups in total. The Morgan fingerprint density at radius 2 is 1.90 bits per heavy atom. The molecule has 0 saturated heterocycles. The van der Waals surface area contributed by atoms with Crippen LogP contribution in [-0.2, 0) is 6.61 Å². The minimum atomic E-state index is -0.369. The van der Waals surface area contributed by atoms with Crippen molar-refractivity contribution in [2.24, 2.45) is 5.10 Å². The van der Waals surface area contributed by atoms with Gasteiger partial charge in [-0.05, 0) is 69.5 Å². The molecular weight excluding hydrogens is 527 g/mol. The third kappa shape index (κ3) is 6.37. The van der Waals surface area contributed by atoms with E-state index in [1.807, 2.05) is 6.07 Å². The SMILES string of the molecule is COc1cc(/C=N\NC(=O)c2cccc(Cl)c2)cc(Br)c1OCc1ccc(Cl)c(Cl)c1. The molecule has 3 rings (SSSR count). The van der Waals surface area contributed by atoms with Crippen LogP contribution in [0.15, 0.2) is 64.2 Å². The molecule has 160 valence electrons. The Morgan fingerprint density at radius 3 is 2.61 bits per heavy atom. The summed E-state index contributed by atoms with van der Waals surface area (Å²) in [6.07, 6.45) is 1.50. The molecule has 0 fully saturated rings. The number of ether oxygens (including phenoxy) is 2. The van der Waals surface area contributed by atoms with Crippen molar-refractivity contribution in [2.75, 3.05) is 7.11 Å². The topological polar surface area (TPSA) is 59.9 Å². The van der Waals surface area contributed by atoms with Crippen molar-refractivity contribution in [3.8, 4) is 11.5 Å². The second-order valence-corrected chi connectivity index (χ2v) is 8.39.